The first-order valence-corrected chi connectivity index (χ1v) is 11.2. The number of nitrogens with zero attached hydrogens (tertiary/aromatic N) is 3. The third-order valence-electron chi connectivity index (χ3n) is 3.32. The zero-order valence-electron chi connectivity index (χ0n) is 14.4. The summed E-state index contributed by atoms with van der Waals surface area (Å²) in [6, 6.07) is 14.4. The second-order valence-corrected chi connectivity index (χ2v) is 9.25. The van der Waals surface area contributed by atoms with Crippen LogP contribution in [0.3, 0.4) is 0 Å². The molecule has 0 unspecified atom stereocenters. The van der Waals surface area contributed by atoms with E-state index in [4.69, 9.17) is 11.6 Å². The summed E-state index contributed by atoms with van der Waals surface area (Å²) in [5.74, 6) is 0.793. The maximum atomic E-state index is 11.9. The normalized spacial score (nSPS) is 11.0. The van der Waals surface area contributed by atoms with E-state index in [2.05, 4.69) is 20.7 Å². The summed E-state index contributed by atoms with van der Waals surface area (Å²) in [5.41, 5.74) is 4.11. The zero-order chi connectivity index (χ0) is 19.8. The van der Waals surface area contributed by atoms with Crippen molar-refractivity contribution in [1.82, 2.24) is 15.6 Å². The average molecular weight is 451 g/mol. The van der Waals surface area contributed by atoms with Crippen LogP contribution >= 0.6 is 46.5 Å². The molecule has 0 aliphatic heterocycles. The first kappa shape index (κ1) is 20.7. The van der Waals surface area contributed by atoms with Crippen LogP contribution in [0.25, 0.3) is 0 Å². The van der Waals surface area contributed by atoms with Gasteiger partial charge >= 0.3 is 0 Å². The highest BCUT2D eigenvalue weighted by Gasteiger charge is 2.08. The molecule has 0 atom stereocenters. The fraction of sp³-hybridized carbons (Fsp3) is 0.111. The molecule has 6 nitrogen and oxygen atoms in total. The molecule has 0 aliphatic rings. The molecule has 0 aliphatic carbocycles. The number of hydrogen-bond acceptors (Lipinski definition) is 8. The first-order chi connectivity index (χ1) is 13.6. The van der Waals surface area contributed by atoms with Crippen molar-refractivity contribution in [3.8, 4) is 5.75 Å². The standard InChI is InChI=1S/C18H15ClN4O2S3/c19-14-7-5-12(6-8-14)10-26-17-22-23-18(28-17)27-11-16(25)21-20-9-13-3-1-2-4-15(13)24/h1-9,24H,10-11H2,(H,21,25). The Balaban J connectivity index is 1.41. The Kier molecular flexibility index (Phi) is 7.72. The smallest absolute Gasteiger partial charge is 0.250 e. The van der Waals surface area contributed by atoms with Gasteiger partial charge in [0.15, 0.2) is 8.68 Å². The Morgan fingerprint density at radius 3 is 2.61 bits per heavy atom. The van der Waals surface area contributed by atoms with E-state index in [9.17, 15) is 9.90 Å². The van der Waals surface area contributed by atoms with E-state index >= 15 is 0 Å². The van der Waals surface area contributed by atoms with Crippen LogP contribution < -0.4 is 5.43 Å². The molecule has 1 heterocycles. The molecule has 0 spiro atoms. The van der Waals surface area contributed by atoms with Crippen LogP contribution in [-0.4, -0.2) is 33.2 Å². The zero-order valence-corrected chi connectivity index (χ0v) is 17.6. The average Bonchev–Trinajstić information content (AvgIpc) is 3.15. The van der Waals surface area contributed by atoms with Crippen molar-refractivity contribution in [3.63, 3.8) is 0 Å². The number of hydrazone groups is 1. The third kappa shape index (κ3) is 6.52. The van der Waals surface area contributed by atoms with Gasteiger partial charge in [-0.15, -0.1) is 10.2 Å². The molecule has 0 bridgehead atoms. The maximum Gasteiger partial charge on any atom is 0.250 e. The van der Waals surface area contributed by atoms with Crippen molar-refractivity contribution in [2.24, 2.45) is 5.10 Å². The number of para-hydroxylation sites is 1. The topological polar surface area (TPSA) is 87.5 Å². The van der Waals surface area contributed by atoms with Gasteiger partial charge in [-0.3, -0.25) is 4.79 Å². The minimum absolute atomic E-state index is 0.104. The minimum Gasteiger partial charge on any atom is -0.507 e. The number of nitrogens with one attached hydrogen (secondary N) is 1. The van der Waals surface area contributed by atoms with Crippen molar-refractivity contribution in [2.75, 3.05) is 5.75 Å². The number of hydrogen-bond donors (Lipinski definition) is 2. The largest absolute Gasteiger partial charge is 0.507 e. The summed E-state index contributed by atoms with van der Waals surface area (Å²) < 4.78 is 1.56. The lowest BCUT2D eigenvalue weighted by atomic mass is 10.2. The highest BCUT2D eigenvalue weighted by atomic mass is 35.5. The Morgan fingerprint density at radius 2 is 1.86 bits per heavy atom. The molecule has 0 radical (unpaired) electrons. The molecule has 10 heteroatoms. The van der Waals surface area contributed by atoms with Crippen LogP contribution in [0.2, 0.25) is 5.02 Å². The fourth-order valence-electron chi connectivity index (χ4n) is 1.97. The summed E-state index contributed by atoms with van der Waals surface area (Å²) in [7, 11) is 0. The molecule has 1 amide bonds. The monoisotopic (exact) mass is 450 g/mol. The number of benzene rings is 2. The van der Waals surface area contributed by atoms with Gasteiger partial charge < -0.3 is 5.11 Å². The van der Waals surface area contributed by atoms with Crippen molar-refractivity contribution >= 4 is 58.6 Å². The van der Waals surface area contributed by atoms with Crippen molar-refractivity contribution in [2.45, 2.75) is 14.4 Å². The molecular formula is C18H15ClN4O2S3. The van der Waals surface area contributed by atoms with Gasteiger partial charge in [0.1, 0.15) is 5.75 Å². The van der Waals surface area contributed by atoms with Gasteiger partial charge in [0.05, 0.1) is 12.0 Å². The van der Waals surface area contributed by atoms with Gasteiger partial charge in [0.25, 0.3) is 5.91 Å². The van der Waals surface area contributed by atoms with E-state index in [-0.39, 0.29) is 17.4 Å². The second-order valence-electron chi connectivity index (χ2n) is 5.39. The van der Waals surface area contributed by atoms with Crippen molar-refractivity contribution in [3.05, 3.63) is 64.7 Å². The summed E-state index contributed by atoms with van der Waals surface area (Å²) in [6.45, 7) is 0. The van der Waals surface area contributed by atoms with Gasteiger partial charge in [-0.25, -0.2) is 5.43 Å². The van der Waals surface area contributed by atoms with Crippen molar-refractivity contribution < 1.29 is 9.90 Å². The van der Waals surface area contributed by atoms with Gasteiger partial charge in [0.2, 0.25) is 0 Å². The highest BCUT2D eigenvalue weighted by Crippen LogP contribution is 2.30. The number of rotatable bonds is 8. The molecule has 0 saturated heterocycles. The van der Waals surface area contributed by atoms with Gasteiger partial charge in [-0.2, -0.15) is 5.10 Å². The lowest BCUT2D eigenvalue weighted by molar-refractivity contribution is -0.118. The number of aromatic hydroxyl groups is 1. The molecule has 2 N–H and O–H groups in total. The number of phenols is 1. The van der Waals surface area contributed by atoms with Crippen LogP contribution in [0.5, 0.6) is 5.75 Å². The highest BCUT2D eigenvalue weighted by molar-refractivity contribution is 8.03. The molecule has 0 fully saturated rings. The van der Waals surface area contributed by atoms with E-state index < -0.39 is 0 Å². The maximum absolute atomic E-state index is 11.9. The fourth-order valence-corrected chi connectivity index (χ4v) is 4.86. The minimum atomic E-state index is -0.262. The number of amides is 1. The molecule has 1 aromatic heterocycles. The quantitative estimate of drug-likeness (QED) is 0.300. The summed E-state index contributed by atoms with van der Waals surface area (Å²) >= 11 is 10.2. The molecule has 144 valence electrons. The molecule has 28 heavy (non-hydrogen) atoms. The SMILES string of the molecule is O=C(CSc1nnc(SCc2ccc(Cl)cc2)s1)NN=Cc1ccccc1O. The number of carbonyl (C=O) groups excluding carboxylic acids is 1. The summed E-state index contributed by atoms with van der Waals surface area (Å²) in [4.78, 5) is 11.9. The van der Waals surface area contributed by atoms with E-state index in [1.807, 2.05) is 24.3 Å². The Bertz CT molecular complexity index is 963. The van der Waals surface area contributed by atoms with Crippen LogP contribution in [0.15, 0.2) is 62.3 Å². The van der Waals surface area contributed by atoms with Gasteiger partial charge in [-0.05, 0) is 29.8 Å². The Labute approximate surface area is 179 Å². The number of carbonyl (C=O) groups is 1. The molecule has 0 saturated carbocycles. The van der Waals surface area contributed by atoms with Crippen LogP contribution in [-0.2, 0) is 10.5 Å². The van der Waals surface area contributed by atoms with Crippen LogP contribution in [0.1, 0.15) is 11.1 Å². The van der Waals surface area contributed by atoms with Crippen LogP contribution in [0.4, 0.5) is 0 Å². The van der Waals surface area contributed by atoms with Gasteiger partial charge in [0, 0.05) is 16.3 Å². The Hall–Kier alpha value is -2.07. The summed E-state index contributed by atoms with van der Waals surface area (Å²) in [6.07, 6.45) is 1.40. The lowest BCUT2D eigenvalue weighted by Crippen LogP contribution is -2.19. The number of halogens is 1. The number of aromatic nitrogens is 2. The van der Waals surface area contributed by atoms with E-state index in [1.54, 1.807) is 36.0 Å². The second kappa shape index (κ2) is 10.5. The lowest BCUT2D eigenvalue weighted by Gasteiger charge is -1.99. The predicted molar refractivity (Wildman–Crippen MR) is 115 cm³/mol. The van der Waals surface area contributed by atoms with E-state index in [0.717, 1.165) is 20.0 Å². The molecule has 3 aromatic rings. The van der Waals surface area contributed by atoms with Gasteiger partial charge in [-0.1, -0.05) is 70.7 Å². The first-order valence-electron chi connectivity index (χ1n) is 8.03. The van der Waals surface area contributed by atoms with E-state index in [1.165, 1.54) is 29.3 Å². The number of phenolic OH excluding ortho intramolecular Hbond substituents is 1. The molecule has 3 rings (SSSR count). The van der Waals surface area contributed by atoms with Crippen molar-refractivity contribution in [1.29, 1.82) is 0 Å². The third-order valence-corrected chi connectivity index (χ3v) is 6.83. The predicted octanol–water partition coefficient (Wildman–Crippen LogP) is 4.43. The summed E-state index contributed by atoms with van der Waals surface area (Å²) in [5, 5.41) is 22.4. The number of thioether (sulfide) groups is 2. The molecule has 2 aromatic carbocycles. The van der Waals surface area contributed by atoms with E-state index in [0.29, 0.717) is 10.6 Å². The van der Waals surface area contributed by atoms with Crippen LogP contribution in [0, 0.1) is 0 Å². The molecular weight excluding hydrogens is 436 g/mol. The Morgan fingerprint density at radius 1 is 1.14 bits per heavy atom.